The summed E-state index contributed by atoms with van der Waals surface area (Å²) in [5.74, 6) is 0. The van der Waals surface area contributed by atoms with Gasteiger partial charge in [0.1, 0.15) is 28.5 Å². The molecule has 2 heteroatoms. The third kappa shape index (κ3) is 3.11. The van der Waals surface area contributed by atoms with Gasteiger partial charge in [-0.1, -0.05) is 72.8 Å². The molecule has 4 aromatic rings. The number of rotatable bonds is 4. The Morgan fingerprint density at radius 1 is 0.308 bits per heavy atom. The molecule has 0 aliphatic rings. The van der Waals surface area contributed by atoms with Gasteiger partial charge in [0.15, 0.2) is 0 Å². The smallest absolute Gasteiger partial charge is 0.0620 e. The van der Waals surface area contributed by atoms with Crippen molar-refractivity contribution in [3.63, 3.8) is 0 Å². The fourth-order valence-corrected chi connectivity index (χ4v) is 7.77. The Morgan fingerprint density at radius 3 is 0.692 bits per heavy atom. The van der Waals surface area contributed by atoms with Crippen LogP contribution in [0, 0.1) is 0 Å². The van der Waals surface area contributed by atoms with Crippen LogP contribution in [0.5, 0.6) is 0 Å². The summed E-state index contributed by atoms with van der Waals surface area (Å²) in [6.45, 7) is 0. The van der Waals surface area contributed by atoms with Crippen LogP contribution < -0.4 is 21.2 Å². The summed E-state index contributed by atoms with van der Waals surface area (Å²) in [5.41, 5.74) is 0. The lowest BCUT2D eigenvalue weighted by Crippen LogP contribution is -2.38. The Hall–Kier alpha value is -2.63. The molecule has 0 aliphatic carbocycles. The van der Waals surface area contributed by atoms with Gasteiger partial charge < -0.3 is 0 Å². The van der Waals surface area contributed by atoms with Crippen molar-refractivity contribution in [1.82, 2.24) is 0 Å². The van der Waals surface area contributed by atoms with Crippen LogP contribution in [-0.2, 0) is 0 Å². The molecule has 0 heterocycles. The topological polar surface area (TPSA) is 0 Å². The SMILES string of the molecule is [B].c1ccc([P+](c2ccccc2)(c2ccccc2)c2ccccc2)cc1. The predicted molar refractivity (Wildman–Crippen MR) is 117 cm³/mol. The standard InChI is InChI=1S/C24H20P.B/c1-5-13-21(14-6-1)25(22-15-7-2-8-16-22,23-17-9-3-10-18-23)24-19-11-4-12-20-24;/h1-20H;/q+1;. The molecule has 0 N–H and O–H groups in total. The van der Waals surface area contributed by atoms with Crippen LogP contribution in [-0.4, -0.2) is 8.41 Å². The number of hydrogen-bond donors (Lipinski definition) is 0. The average Bonchev–Trinajstić information content (AvgIpc) is 2.72. The van der Waals surface area contributed by atoms with Crippen LogP contribution in [0.2, 0.25) is 0 Å². The fourth-order valence-electron chi connectivity index (χ4n) is 3.50. The molecule has 0 nitrogen and oxygen atoms in total. The van der Waals surface area contributed by atoms with E-state index in [1.54, 1.807) is 0 Å². The van der Waals surface area contributed by atoms with Crippen molar-refractivity contribution in [2.45, 2.75) is 0 Å². The third-order valence-corrected chi connectivity index (χ3v) is 8.86. The highest BCUT2D eigenvalue weighted by molar-refractivity contribution is 8.01. The summed E-state index contributed by atoms with van der Waals surface area (Å²) >= 11 is 0. The van der Waals surface area contributed by atoms with E-state index in [9.17, 15) is 0 Å². The van der Waals surface area contributed by atoms with E-state index in [-0.39, 0.29) is 8.41 Å². The lowest BCUT2D eigenvalue weighted by Gasteiger charge is -2.27. The molecule has 0 unspecified atom stereocenters. The predicted octanol–water partition coefficient (Wildman–Crippen LogP) is 3.93. The van der Waals surface area contributed by atoms with Crippen LogP contribution in [0.3, 0.4) is 0 Å². The minimum absolute atomic E-state index is 0. The minimum atomic E-state index is -1.91. The molecule has 0 amide bonds. The van der Waals surface area contributed by atoms with E-state index < -0.39 is 7.26 Å². The first-order valence-electron chi connectivity index (χ1n) is 8.54. The van der Waals surface area contributed by atoms with Crippen molar-refractivity contribution in [2.24, 2.45) is 0 Å². The second-order valence-corrected chi connectivity index (χ2v) is 9.42. The van der Waals surface area contributed by atoms with Gasteiger partial charge in [-0.2, -0.15) is 0 Å². The zero-order chi connectivity index (χ0) is 17.0. The van der Waals surface area contributed by atoms with Crippen molar-refractivity contribution in [1.29, 1.82) is 0 Å². The zero-order valence-electron chi connectivity index (χ0n) is 14.6. The molecule has 0 spiro atoms. The first-order valence-corrected chi connectivity index (χ1v) is 10.3. The van der Waals surface area contributed by atoms with Crippen LogP contribution >= 0.6 is 7.26 Å². The van der Waals surface area contributed by atoms with Crippen molar-refractivity contribution < 1.29 is 0 Å². The summed E-state index contributed by atoms with van der Waals surface area (Å²) in [7, 11) is -1.91. The van der Waals surface area contributed by atoms with Gasteiger partial charge in [0.2, 0.25) is 0 Å². The van der Waals surface area contributed by atoms with Gasteiger partial charge in [0.05, 0.1) is 0 Å². The van der Waals surface area contributed by atoms with Crippen molar-refractivity contribution in [3.8, 4) is 0 Å². The molecule has 4 rings (SSSR count). The maximum absolute atomic E-state index is 2.28. The van der Waals surface area contributed by atoms with E-state index >= 15 is 0 Å². The van der Waals surface area contributed by atoms with Gasteiger partial charge in [-0.05, 0) is 48.5 Å². The minimum Gasteiger partial charge on any atom is -0.0620 e. The Labute approximate surface area is 158 Å². The molecule has 26 heavy (non-hydrogen) atoms. The van der Waals surface area contributed by atoms with E-state index in [2.05, 4.69) is 121 Å². The summed E-state index contributed by atoms with van der Waals surface area (Å²) in [6, 6.07) is 43.8. The quantitative estimate of drug-likeness (QED) is 0.387. The summed E-state index contributed by atoms with van der Waals surface area (Å²) in [4.78, 5) is 0. The molecule has 0 aliphatic heterocycles. The highest BCUT2D eigenvalue weighted by Gasteiger charge is 2.47. The zero-order valence-corrected chi connectivity index (χ0v) is 15.5. The Balaban J connectivity index is 0.00000196. The van der Waals surface area contributed by atoms with E-state index in [4.69, 9.17) is 0 Å². The maximum Gasteiger partial charge on any atom is 0.144 e. The molecule has 0 atom stereocenters. The Bertz CT molecular complexity index is 759. The molecule has 0 aromatic heterocycles. The normalized spacial score (nSPS) is 10.8. The lowest BCUT2D eigenvalue weighted by molar-refractivity contribution is 1.71. The summed E-state index contributed by atoms with van der Waals surface area (Å²) in [6.07, 6.45) is 0. The molecule has 4 aromatic carbocycles. The molecule has 0 bridgehead atoms. The Kier molecular flexibility index (Phi) is 5.71. The van der Waals surface area contributed by atoms with E-state index in [1.807, 2.05) is 0 Å². The summed E-state index contributed by atoms with van der Waals surface area (Å²) in [5, 5.41) is 5.55. The second-order valence-electron chi connectivity index (χ2n) is 6.01. The second kappa shape index (κ2) is 8.17. The first-order chi connectivity index (χ1) is 12.4. The van der Waals surface area contributed by atoms with Crippen molar-refractivity contribution in [2.75, 3.05) is 0 Å². The highest BCUT2D eigenvalue weighted by atomic mass is 31.2. The summed E-state index contributed by atoms with van der Waals surface area (Å²) < 4.78 is 0. The van der Waals surface area contributed by atoms with Gasteiger partial charge in [-0.15, -0.1) is 0 Å². The molecular formula is C24H20BP+. The van der Waals surface area contributed by atoms with Crippen molar-refractivity contribution in [3.05, 3.63) is 121 Å². The first kappa shape index (κ1) is 18.2. The van der Waals surface area contributed by atoms with Crippen molar-refractivity contribution >= 4 is 36.9 Å². The molecule has 0 saturated carbocycles. The molecule has 0 saturated heterocycles. The fraction of sp³-hybridized carbons (Fsp3) is 0. The van der Waals surface area contributed by atoms with E-state index in [0.717, 1.165) is 0 Å². The van der Waals surface area contributed by atoms with E-state index in [0.29, 0.717) is 0 Å². The van der Waals surface area contributed by atoms with Gasteiger partial charge in [0, 0.05) is 8.41 Å². The Morgan fingerprint density at radius 2 is 0.500 bits per heavy atom. The molecular weight excluding hydrogens is 330 g/mol. The van der Waals surface area contributed by atoms with Gasteiger partial charge >= 0.3 is 0 Å². The third-order valence-electron chi connectivity index (χ3n) is 4.57. The monoisotopic (exact) mass is 350 g/mol. The van der Waals surface area contributed by atoms with Crippen LogP contribution in [0.1, 0.15) is 0 Å². The van der Waals surface area contributed by atoms with Crippen LogP contribution in [0.15, 0.2) is 121 Å². The maximum atomic E-state index is 2.28. The van der Waals surface area contributed by atoms with Crippen LogP contribution in [0.4, 0.5) is 0 Å². The van der Waals surface area contributed by atoms with E-state index in [1.165, 1.54) is 21.2 Å². The molecule has 0 fully saturated rings. The largest absolute Gasteiger partial charge is 0.144 e. The highest BCUT2D eigenvalue weighted by Crippen LogP contribution is 2.53. The van der Waals surface area contributed by atoms with Gasteiger partial charge in [-0.3, -0.25) is 0 Å². The average molecular weight is 350 g/mol. The van der Waals surface area contributed by atoms with Gasteiger partial charge in [-0.25, -0.2) is 0 Å². The molecule has 123 valence electrons. The van der Waals surface area contributed by atoms with Crippen LogP contribution in [0.25, 0.3) is 0 Å². The molecule has 3 radical (unpaired) electrons. The van der Waals surface area contributed by atoms with Gasteiger partial charge in [0.25, 0.3) is 0 Å². The number of hydrogen-bond acceptors (Lipinski definition) is 0. The lowest BCUT2D eigenvalue weighted by atomic mass is 10.3. The number of benzene rings is 4.